The van der Waals surface area contributed by atoms with Gasteiger partial charge in [-0.05, 0) is 49.2 Å². The number of nitrogens with zero attached hydrogens (tertiary/aromatic N) is 1. The predicted molar refractivity (Wildman–Crippen MR) is 109 cm³/mol. The van der Waals surface area contributed by atoms with Crippen molar-refractivity contribution >= 4 is 33.0 Å². The van der Waals surface area contributed by atoms with Crippen LogP contribution in [-0.4, -0.2) is 32.0 Å². The standard InChI is InChI=1S/C21H24N2O4S/c1-3-21(25)23-15(2)13-16-14-18(9-10-19(16)23)28(26,27)12-11-20(24)22-17-7-5-4-6-8-17/h4-10,14-15H,3,11-13H2,1-2H3,(H,22,24)/t15-/m1/s1. The molecule has 6 nitrogen and oxygen atoms in total. The number of fused-ring (bicyclic) bond motifs is 1. The quantitative estimate of drug-likeness (QED) is 0.807. The van der Waals surface area contributed by atoms with Crippen LogP contribution in [-0.2, 0) is 25.8 Å². The minimum atomic E-state index is -3.59. The minimum Gasteiger partial charge on any atom is -0.326 e. The molecule has 2 aromatic carbocycles. The molecular weight excluding hydrogens is 376 g/mol. The lowest BCUT2D eigenvalue weighted by molar-refractivity contribution is -0.118. The highest BCUT2D eigenvalue weighted by Gasteiger charge is 2.31. The number of hydrogen-bond donors (Lipinski definition) is 1. The largest absolute Gasteiger partial charge is 0.326 e. The number of para-hydroxylation sites is 1. The third-order valence-corrected chi connectivity index (χ3v) is 6.57. The van der Waals surface area contributed by atoms with E-state index in [0.717, 1.165) is 11.3 Å². The van der Waals surface area contributed by atoms with E-state index in [1.165, 1.54) is 6.07 Å². The van der Waals surface area contributed by atoms with Crippen molar-refractivity contribution < 1.29 is 18.0 Å². The first-order valence-corrected chi connectivity index (χ1v) is 11.0. The van der Waals surface area contributed by atoms with Crippen LogP contribution < -0.4 is 10.2 Å². The average molecular weight is 401 g/mol. The van der Waals surface area contributed by atoms with Gasteiger partial charge in [-0.15, -0.1) is 0 Å². The first kappa shape index (κ1) is 20.1. The molecule has 1 heterocycles. The van der Waals surface area contributed by atoms with Crippen LogP contribution in [0.15, 0.2) is 53.4 Å². The van der Waals surface area contributed by atoms with Crippen LogP contribution in [0.5, 0.6) is 0 Å². The number of hydrogen-bond acceptors (Lipinski definition) is 4. The van der Waals surface area contributed by atoms with Gasteiger partial charge >= 0.3 is 0 Å². The molecule has 0 unspecified atom stereocenters. The summed E-state index contributed by atoms with van der Waals surface area (Å²) in [6.45, 7) is 3.77. The molecule has 0 spiro atoms. The molecule has 1 aliphatic rings. The summed E-state index contributed by atoms with van der Waals surface area (Å²) in [6, 6.07) is 13.8. The Balaban J connectivity index is 1.70. The van der Waals surface area contributed by atoms with Crippen molar-refractivity contribution in [2.24, 2.45) is 0 Å². The molecule has 0 bridgehead atoms. The summed E-state index contributed by atoms with van der Waals surface area (Å²) in [5, 5.41) is 2.69. The molecule has 0 aromatic heterocycles. The average Bonchev–Trinajstić information content (AvgIpc) is 3.01. The van der Waals surface area contributed by atoms with Gasteiger partial charge in [0.15, 0.2) is 9.84 Å². The number of nitrogens with one attached hydrogen (secondary N) is 1. The van der Waals surface area contributed by atoms with Crippen LogP contribution in [0, 0.1) is 0 Å². The minimum absolute atomic E-state index is 0.0112. The number of rotatable bonds is 6. The summed E-state index contributed by atoms with van der Waals surface area (Å²) in [7, 11) is -3.59. The van der Waals surface area contributed by atoms with Crippen LogP contribution in [0.1, 0.15) is 32.3 Å². The van der Waals surface area contributed by atoms with Crippen molar-refractivity contribution in [2.75, 3.05) is 16.0 Å². The summed E-state index contributed by atoms with van der Waals surface area (Å²) in [5.41, 5.74) is 2.27. The fraction of sp³-hybridized carbons (Fsp3) is 0.333. The van der Waals surface area contributed by atoms with Gasteiger partial charge in [0, 0.05) is 30.3 Å². The molecule has 0 saturated heterocycles. The van der Waals surface area contributed by atoms with Gasteiger partial charge in [-0.3, -0.25) is 9.59 Å². The molecular formula is C21H24N2O4S. The smallest absolute Gasteiger partial charge is 0.226 e. The number of sulfone groups is 1. The van der Waals surface area contributed by atoms with E-state index in [1.54, 1.807) is 41.3 Å². The molecule has 28 heavy (non-hydrogen) atoms. The Morgan fingerprint density at radius 3 is 2.54 bits per heavy atom. The molecule has 1 aliphatic heterocycles. The Bertz CT molecular complexity index is 987. The topological polar surface area (TPSA) is 83.6 Å². The summed E-state index contributed by atoms with van der Waals surface area (Å²) >= 11 is 0. The third kappa shape index (κ3) is 4.25. The van der Waals surface area contributed by atoms with Crippen LogP contribution in [0.4, 0.5) is 11.4 Å². The van der Waals surface area contributed by atoms with Gasteiger partial charge in [0.05, 0.1) is 10.6 Å². The van der Waals surface area contributed by atoms with Gasteiger partial charge in [0.25, 0.3) is 0 Å². The van der Waals surface area contributed by atoms with E-state index < -0.39 is 9.84 Å². The summed E-state index contributed by atoms with van der Waals surface area (Å²) < 4.78 is 25.4. The van der Waals surface area contributed by atoms with E-state index in [4.69, 9.17) is 0 Å². The van der Waals surface area contributed by atoms with Gasteiger partial charge in [-0.1, -0.05) is 25.1 Å². The monoisotopic (exact) mass is 400 g/mol. The lowest BCUT2D eigenvalue weighted by Gasteiger charge is -2.22. The summed E-state index contributed by atoms with van der Waals surface area (Å²) in [6.07, 6.45) is 0.907. The lowest BCUT2D eigenvalue weighted by Crippen LogP contribution is -2.35. The van der Waals surface area contributed by atoms with Crippen LogP contribution in [0.25, 0.3) is 0 Å². The Labute approximate surface area is 165 Å². The zero-order valence-corrected chi connectivity index (χ0v) is 16.8. The fourth-order valence-electron chi connectivity index (χ4n) is 3.44. The molecule has 0 aliphatic carbocycles. The maximum absolute atomic E-state index is 12.7. The molecule has 0 radical (unpaired) electrons. The highest BCUT2D eigenvalue weighted by molar-refractivity contribution is 7.91. The second-order valence-corrected chi connectivity index (χ2v) is 9.05. The van der Waals surface area contributed by atoms with E-state index in [-0.39, 0.29) is 34.9 Å². The maximum atomic E-state index is 12.7. The van der Waals surface area contributed by atoms with Crippen LogP contribution in [0.3, 0.4) is 0 Å². The number of benzene rings is 2. The molecule has 148 valence electrons. The fourth-order valence-corrected chi connectivity index (χ4v) is 4.73. The molecule has 1 atom stereocenters. The van der Waals surface area contributed by atoms with Crippen molar-refractivity contribution in [1.82, 2.24) is 0 Å². The molecule has 2 amide bonds. The van der Waals surface area contributed by atoms with Crippen molar-refractivity contribution in [3.63, 3.8) is 0 Å². The summed E-state index contributed by atoms with van der Waals surface area (Å²) in [4.78, 5) is 26.1. The molecule has 0 saturated carbocycles. The molecule has 1 N–H and O–H groups in total. The van der Waals surface area contributed by atoms with E-state index in [9.17, 15) is 18.0 Å². The van der Waals surface area contributed by atoms with Crippen molar-refractivity contribution in [2.45, 2.75) is 44.0 Å². The maximum Gasteiger partial charge on any atom is 0.226 e. The lowest BCUT2D eigenvalue weighted by atomic mass is 10.1. The van der Waals surface area contributed by atoms with E-state index in [1.807, 2.05) is 19.9 Å². The zero-order valence-electron chi connectivity index (χ0n) is 16.0. The molecule has 2 aromatic rings. The van der Waals surface area contributed by atoms with Gasteiger partial charge in [-0.2, -0.15) is 0 Å². The Hall–Kier alpha value is -2.67. The van der Waals surface area contributed by atoms with Gasteiger partial charge in [0.1, 0.15) is 0 Å². The zero-order chi connectivity index (χ0) is 20.3. The first-order valence-electron chi connectivity index (χ1n) is 9.34. The van der Waals surface area contributed by atoms with E-state index in [0.29, 0.717) is 18.5 Å². The second kappa shape index (κ2) is 8.14. The SMILES string of the molecule is CCC(=O)N1c2ccc(S(=O)(=O)CCC(=O)Nc3ccccc3)cc2C[C@H]1C. The third-order valence-electron chi connectivity index (χ3n) is 4.85. The summed E-state index contributed by atoms with van der Waals surface area (Å²) in [5.74, 6) is -0.582. The molecule has 0 fully saturated rings. The molecule has 7 heteroatoms. The van der Waals surface area contributed by atoms with Crippen molar-refractivity contribution in [1.29, 1.82) is 0 Å². The highest BCUT2D eigenvalue weighted by Crippen LogP contribution is 2.34. The first-order chi connectivity index (χ1) is 13.3. The van der Waals surface area contributed by atoms with Crippen molar-refractivity contribution in [3.8, 4) is 0 Å². The Morgan fingerprint density at radius 2 is 1.86 bits per heavy atom. The number of anilines is 2. The van der Waals surface area contributed by atoms with E-state index in [2.05, 4.69) is 5.32 Å². The highest BCUT2D eigenvalue weighted by atomic mass is 32.2. The van der Waals surface area contributed by atoms with Crippen molar-refractivity contribution in [3.05, 3.63) is 54.1 Å². The van der Waals surface area contributed by atoms with Gasteiger partial charge in [0.2, 0.25) is 11.8 Å². The number of amides is 2. The Kier molecular flexibility index (Phi) is 5.84. The number of carbonyl (C=O) groups excluding carboxylic acids is 2. The van der Waals surface area contributed by atoms with Crippen LogP contribution >= 0.6 is 0 Å². The normalized spacial score (nSPS) is 15.9. The number of carbonyl (C=O) groups is 2. The van der Waals surface area contributed by atoms with Gasteiger partial charge < -0.3 is 10.2 Å². The van der Waals surface area contributed by atoms with Crippen LogP contribution in [0.2, 0.25) is 0 Å². The van der Waals surface area contributed by atoms with Gasteiger partial charge in [-0.25, -0.2) is 8.42 Å². The van der Waals surface area contributed by atoms with E-state index >= 15 is 0 Å². The Morgan fingerprint density at radius 1 is 1.14 bits per heavy atom. The second-order valence-electron chi connectivity index (χ2n) is 6.94. The molecule has 3 rings (SSSR count). The predicted octanol–water partition coefficient (Wildman–Crippen LogP) is 3.18.